The Balaban J connectivity index is 2.46. The summed E-state index contributed by atoms with van der Waals surface area (Å²) in [5.41, 5.74) is 6.18. The highest BCUT2D eigenvalue weighted by Crippen LogP contribution is 2.06. The summed E-state index contributed by atoms with van der Waals surface area (Å²) in [6.45, 7) is 0.550. The van der Waals surface area contributed by atoms with Crippen LogP contribution in [0.4, 0.5) is 0 Å². The number of carbonyl (C=O) groups excluding carboxylic acids is 1. The number of nitrogens with one attached hydrogen (secondary N) is 1. The third-order valence-corrected chi connectivity index (χ3v) is 1.91. The first kappa shape index (κ1) is 10.1. The summed E-state index contributed by atoms with van der Waals surface area (Å²) in [7, 11) is 0. The maximum absolute atomic E-state index is 10.8. The Kier molecular flexibility index (Phi) is 3.79. The molecule has 0 fully saturated rings. The highest BCUT2D eigenvalue weighted by molar-refractivity contribution is 7.80. The minimum absolute atomic E-state index is 0.0324. The molecule has 1 rings (SSSR count). The Labute approximate surface area is 82.7 Å². The predicted molar refractivity (Wildman–Crippen MR) is 54.6 cm³/mol. The molecule has 0 radical (unpaired) electrons. The molecule has 0 aromatic heterocycles. The third-order valence-electron chi connectivity index (χ3n) is 1.61. The van der Waals surface area contributed by atoms with E-state index in [-0.39, 0.29) is 12.5 Å². The first-order chi connectivity index (χ1) is 6.22. The molecule has 13 heavy (non-hydrogen) atoms. The van der Waals surface area contributed by atoms with E-state index in [2.05, 4.69) is 17.9 Å². The van der Waals surface area contributed by atoms with Crippen molar-refractivity contribution in [2.75, 3.05) is 6.54 Å². The molecule has 0 saturated heterocycles. The van der Waals surface area contributed by atoms with Gasteiger partial charge in [-0.3, -0.25) is 4.79 Å². The number of amides is 1. The van der Waals surface area contributed by atoms with Gasteiger partial charge in [-0.15, -0.1) is 12.6 Å². The molecule has 0 atom stereocenters. The zero-order valence-electron chi connectivity index (χ0n) is 7.16. The second kappa shape index (κ2) is 4.89. The molecule has 0 aliphatic rings. The van der Waals surface area contributed by atoms with E-state index < -0.39 is 0 Å². The molecule has 0 unspecified atom stereocenters. The SMILES string of the molecule is NCC(=O)NCc1ccc(S)cc1. The molecular formula is C9H12N2OS. The van der Waals surface area contributed by atoms with Crippen molar-refractivity contribution in [3.63, 3.8) is 0 Å². The maximum Gasteiger partial charge on any atom is 0.234 e. The largest absolute Gasteiger partial charge is 0.351 e. The van der Waals surface area contributed by atoms with Gasteiger partial charge in [0.25, 0.3) is 0 Å². The summed E-state index contributed by atoms with van der Waals surface area (Å²) in [6, 6.07) is 7.60. The van der Waals surface area contributed by atoms with Crippen LogP contribution in [0.3, 0.4) is 0 Å². The van der Waals surface area contributed by atoms with E-state index in [0.29, 0.717) is 6.54 Å². The van der Waals surface area contributed by atoms with Crippen LogP contribution in [0.1, 0.15) is 5.56 Å². The van der Waals surface area contributed by atoms with Crippen LogP contribution in [0.5, 0.6) is 0 Å². The number of thiol groups is 1. The smallest absolute Gasteiger partial charge is 0.234 e. The molecular weight excluding hydrogens is 184 g/mol. The van der Waals surface area contributed by atoms with Crippen LogP contribution in [0.15, 0.2) is 29.2 Å². The fourth-order valence-corrected chi connectivity index (χ4v) is 1.04. The van der Waals surface area contributed by atoms with Crippen molar-refractivity contribution in [2.45, 2.75) is 11.4 Å². The lowest BCUT2D eigenvalue weighted by Crippen LogP contribution is -2.29. The van der Waals surface area contributed by atoms with Crippen LogP contribution in [0.2, 0.25) is 0 Å². The number of benzene rings is 1. The second-order valence-electron chi connectivity index (χ2n) is 2.65. The Morgan fingerprint density at radius 2 is 2.00 bits per heavy atom. The van der Waals surface area contributed by atoms with Crippen molar-refractivity contribution in [3.8, 4) is 0 Å². The van der Waals surface area contributed by atoms with Crippen molar-refractivity contribution < 1.29 is 4.79 Å². The Hall–Kier alpha value is -1.00. The van der Waals surface area contributed by atoms with Gasteiger partial charge < -0.3 is 11.1 Å². The standard InChI is InChI=1S/C9H12N2OS/c10-5-9(12)11-6-7-1-3-8(13)4-2-7/h1-4,13H,5-6,10H2,(H,11,12). The first-order valence-corrected chi connectivity index (χ1v) is 4.42. The van der Waals surface area contributed by atoms with Crippen molar-refractivity contribution in [3.05, 3.63) is 29.8 Å². The van der Waals surface area contributed by atoms with Crippen LogP contribution >= 0.6 is 12.6 Å². The second-order valence-corrected chi connectivity index (χ2v) is 3.16. The number of rotatable bonds is 3. The molecule has 1 amide bonds. The van der Waals surface area contributed by atoms with E-state index in [1.807, 2.05) is 24.3 Å². The van der Waals surface area contributed by atoms with Crippen molar-refractivity contribution in [1.29, 1.82) is 0 Å². The topological polar surface area (TPSA) is 55.1 Å². The van der Waals surface area contributed by atoms with E-state index in [1.165, 1.54) is 0 Å². The Morgan fingerprint density at radius 1 is 1.38 bits per heavy atom. The molecule has 4 heteroatoms. The van der Waals surface area contributed by atoms with Gasteiger partial charge in [-0.1, -0.05) is 12.1 Å². The summed E-state index contributed by atoms with van der Waals surface area (Å²) < 4.78 is 0. The zero-order valence-corrected chi connectivity index (χ0v) is 8.05. The Morgan fingerprint density at radius 3 is 2.54 bits per heavy atom. The van der Waals surface area contributed by atoms with Gasteiger partial charge in [-0.05, 0) is 17.7 Å². The fraction of sp³-hybridized carbons (Fsp3) is 0.222. The van der Waals surface area contributed by atoms with Crippen molar-refractivity contribution in [2.24, 2.45) is 5.73 Å². The molecule has 0 saturated carbocycles. The average Bonchev–Trinajstić information content (AvgIpc) is 2.16. The average molecular weight is 196 g/mol. The van der Waals surface area contributed by atoms with Gasteiger partial charge in [-0.25, -0.2) is 0 Å². The van der Waals surface area contributed by atoms with Gasteiger partial charge in [-0.2, -0.15) is 0 Å². The van der Waals surface area contributed by atoms with E-state index in [9.17, 15) is 4.79 Å². The van der Waals surface area contributed by atoms with Crippen LogP contribution in [0.25, 0.3) is 0 Å². The van der Waals surface area contributed by atoms with Gasteiger partial charge in [0.15, 0.2) is 0 Å². The third kappa shape index (κ3) is 3.48. The van der Waals surface area contributed by atoms with Gasteiger partial charge in [0.05, 0.1) is 6.54 Å². The number of hydrogen-bond acceptors (Lipinski definition) is 3. The summed E-state index contributed by atoms with van der Waals surface area (Å²) in [6.07, 6.45) is 0. The first-order valence-electron chi connectivity index (χ1n) is 3.97. The molecule has 0 aliphatic carbocycles. The fourth-order valence-electron chi connectivity index (χ4n) is 0.887. The van der Waals surface area contributed by atoms with Crippen LogP contribution < -0.4 is 11.1 Å². The monoisotopic (exact) mass is 196 g/mol. The summed E-state index contributed by atoms with van der Waals surface area (Å²) in [5.74, 6) is -0.144. The van der Waals surface area contributed by atoms with Gasteiger partial charge in [0, 0.05) is 11.4 Å². The van der Waals surface area contributed by atoms with Crippen LogP contribution in [-0.4, -0.2) is 12.5 Å². The van der Waals surface area contributed by atoms with E-state index in [4.69, 9.17) is 5.73 Å². The summed E-state index contributed by atoms with van der Waals surface area (Å²) in [4.78, 5) is 11.7. The maximum atomic E-state index is 10.8. The molecule has 3 nitrogen and oxygen atoms in total. The molecule has 70 valence electrons. The Bertz CT molecular complexity index is 284. The number of carbonyl (C=O) groups is 1. The molecule has 0 spiro atoms. The molecule has 1 aromatic carbocycles. The minimum Gasteiger partial charge on any atom is -0.351 e. The highest BCUT2D eigenvalue weighted by atomic mass is 32.1. The van der Waals surface area contributed by atoms with Gasteiger partial charge in [0.1, 0.15) is 0 Å². The van der Waals surface area contributed by atoms with Crippen LogP contribution in [-0.2, 0) is 11.3 Å². The zero-order chi connectivity index (χ0) is 9.68. The van der Waals surface area contributed by atoms with Crippen LogP contribution in [0, 0.1) is 0 Å². The lowest BCUT2D eigenvalue weighted by molar-refractivity contribution is -0.119. The molecule has 3 N–H and O–H groups in total. The quantitative estimate of drug-likeness (QED) is 0.618. The van der Waals surface area contributed by atoms with Crippen molar-refractivity contribution >= 4 is 18.5 Å². The van der Waals surface area contributed by atoms with E-state index in [0.717, 1.165) is 10.5 Å². The van der Waals surface area contributed by atoms with Crippen molar-refractivity contribution in [1.82, 2.24) is 5.32 Å². The normalized spacial score (nSPS) is 9.69. The number of nitrogens with two attached hydrogens (primary N) is 1. The number of hydrogen-bond donors (Lipinski definition) is 3. The summed E-state index contributed by atoms with van der Waals surface area (Å²) >= 11 is 4.15. The van der Waals surface area contributed by atoms with E-state index in [1.54, 1.807) is 0 Å². The molecule has 1 aromatic rings. The lowest BCUT2D eigenvalue weighted by Gasteiger charge is -2.03. The molecule has 0 bridgehead atoms. The highest BCUT2D eigenvalue weighted by Gasteiger charge is 1.96. The minimum atomic E-state index is -0.144. The summed E-state index contributed by atoms with van der Waals surface area (Å²) in [5, 5.41) is 2.68. The van der Waals surface area contributed by atoms with E-state index >= 15 is 0 Å². The molecule has 0 heterocycles. The lowest BCUT2D eigenvalue weighted by atomic mass is 10.2. The predicted octanol–water partition coefficient (Wildman–Crippen LogP) is 0.550. The van der Waals surface area contributed by atoms with Gasteiger partial charge in [0.2, 0.25) is 5.91 Å². The molecule has 0 aliphatic heterocycles. The van der Waals surface area contributed by atoms with Gasteiger partial charge >= 0.3 is 0 Å².